The lowest BCUT2D eigenvalue weighted by Crippen LogP contribution is -2.43. The molecule has 4 nitrogen and oxygen atoms in total. The molecule has 5 heteroatoms. The number of anilines is 1. The number of benzene rings is 1. The van der Waals surface area contributed by atoms with E-state index in [0.717, 1.165) is 25.9 Å². The fourth-order valence-electron chi connectivity index (χ4n) is 1.86. The van der Waals surface area contributed by atoms with Crippen molar-refractivity contribution >= 4 is 17.1 Å². The third-order valence-electron chi connectivity index (χ3n) is 2.68. The van der Waals surface area contributed by atoms with E-state index in [1.165, 1.54) is 12.1 Å². The molecule has 0 aliphatic carbocycles. The first-order valence-electron chi connectivity index (χ1n) is 5.40. The largest absolute Gasteiger partial charge is 0.422 e. The van der Waals surface area contributed by atoms with Crippen molar-refractivity contribution < 1.29 is 8.81 Å². The number of hydrogen-bond acceptors (Lipinski definition) is 4. The van der Waals surface area contributed by atoms with Crippen LogP contribution in [0.1, 0.15) is 12.8 Å². The van der Waals surface area contributed by atoms with Crippen molar-refractivity contribution in [3.8, 4) is 0 Å². The monoisotopic (exact) mass is 221 g/mol. The molecular formula is C11H12FN3O. The van der Waals surface area contributed by atoms with Gasteiger partial charge in [-0.1, -0.05) is 0 Å². The normalized spacial score (nSPS) is 16.9. The minimum atomic E-state index is -0.293. The molecule has 0 unspecified atom stereocenters. The van der Waals surface area contributed by atoms with Crippen molar-refractivity contribution in [2.45, 2.75) is 12.8 Å². The van der Waals surface area contributed by atoms with Crippen LogP contribution in [0.3, 0.4) is 0 Å². The van der Waals surface area contributed by atoms with Crippen LogP contribution in [0.15, 0.2) is 22.6 Å². The van der Waals surface area contributed by atoms with E-state index >= 15 is 0 Å². The van der Waals surface area contributed by atoms with E-state index in [4.69, 9.17) is 4.42 Å². The summed E-state index contributed by atoms with van der Waals surface area (Å²) in [5.41, 5.74) is 4.37. The number of nitrogens with zero attached hydrogens (tertiary/aromatic N) is 2. The number of hydrogen-bond donors (Lipinski definition) is 1. The second kappa shape index (κ2) is 3.75. The predicted molar refractivity (Wildman–Crippen MR) is 58.5 cm³/mol. The summed E-state index contributed by atoms with van der Waals surface area (Å²) in [5.74, 6) is -0.293. The summed E-state index contributed by atoms with van der Waals surface area (Å²) in [4.78, 5) is 4.25. The Balaban J connectivity index is 1.97. The Bertz CT molecular complexity index is 505. The molecule has 84 valence electrons. The van der Waals surface area contributed by atoms with Crippen molar-refractivity contribution in [2.24, 2.45) is 0 Å². The van der Waals surface area contributed by atoms with Gasteiger partial charge in [0, 0.05) is 19.2 Å². The van der Waals surface area contributed by atoms with E-state index in [2.05, 4.69) is 10.4 Å². The van der Waals surface area contributed by atoms with Gasteiger partial charge in [0.05, 0.1) is 0 Å². The lowest BCUT2D eigenvalue weighted by molar-refractivity contribution is 0.458. The van der Waals surface area contributed by atoms with Crippen LogP contribution < -0.4 is 10.4 Å². The highest BCUT2D eigenvalue weighted by Crippen LogP contribution is 2.22. The summed E-state index contributed by atoms with van der Waals surface area (Å²) in [5, 5.41) is 1.88. The first-order chi connectivity index (χ1) is 7.83. The lowest BCUT2D eigenvalue weighted by Gasteiger charge is -2.25. The Morgan fingerprint density at radius 1 is 1.38 bits per heavy atom. The van der Waals surface area contributed by atoms with Gasteiger partial charge in [-0.25, -0.2) is 9.82 Å². The first-order valence-corrected chi connectivity index (χ1v) is 5.40. The summed E-state index contributed by atoms with van der Waals surface area (Å²) in [6.07, 6.45) is 2.27. The SMILES string of the molecule is Fc1ccc2oc(N3CCCCN3)nc2c1. The van der Waals surface area contributed by atoms with Gasteiger partial charge < -0.3 is 4.42 Å². The summed E-state index contributed by atoms with van der Waals surface area (Å²) in [7, 11) is 0. The van der Waals surface area contributed by atoms with Gasteiger partial charge in [0.1, 0.15) is 11.3 Å². The Labute approximate surface area is 92.0 Å². The average Bonchev–Trinajstić information content (AvgIpc) is 2.73. The molecule has 1 aromatic carbocycles. The molecule has 1 aliphatic rings. The van der Waals surface area contributed by atoms with E-state index in [1.54, 1.807) is 6.07 Å². The Morgan fingerprint density at radius 3 is 3.12 bits per heavy atom. The van der Waals surface area contributed by atoms with Gasteiger partial charge in [-0.2, -0.15) is 4.98 Å². The fraction of sp³-hybridized carbons (Fsp3) is 0.364. The highest BCUT2D eigenvalue weighted by Gasteiger charge is 2.16. The van der Waals surface area contributed by atoms with Gasteiger partial charge in [0.15, 0.2) is 5.58 Å². The molecule has 0 spiro atoms. The zero-order valence-electron chi connectivity index (χ0n) is 8.74. The molecule has 1 N–H and O–H groups in total. The van der Waals surface area contributed by atoms with Crippen molar-refractivity contribution in [2.75, 3.05) is 18.1 Å². The van der Waals surface area contributed by atoms with E-state index in [9.17, 15) is 4.39 Å². The predicted octanol–water partition coefficient (Wildman–Crippen LogP) is 2.07. The van der Waals surface area contributed by atoms with Crippen LogP contribution >= 0.6 is 0 Å². The average molecular weight is 221 g/mol. The number of rotatable bonds is 1. The lowest BCUT2D eigenvalue weighted by atomic mass is 10.3. The number of fused-ring (bicyclic) bond motifs is 1. The van der Waals surface area contributed by atoms with E-state index in [1.807, 2.05) is 5.01 Å². The highest BCUT2D eigenvalue weighted by atomic mass is 19.1. The van der Waals surface area contributed by atoms with Crippen LogP contribution in [0.2, 0.25) is 0 Å². The third-order valence-corrected chi connectivity index (χ3v) is 2.68. The van der Waals surface area contributed by atoms with Crippen LogP contribution in [0.5, 0.6) is 0 Å². The highest BCUT2D eigenvalue weighted by molar-refractivity contribution is 5.74. The molecule has 2 aromatic rings. The maximum atomic E-state index is 13.0. The molecule has 1 fully saturated rings. The standard InChI is InChI=1S/C11H12FN3O/c12-8-3-4-10-9(7-8)14-11(16-10)15-6-2-1-5-13-15/h3-4,7,13H,1-2,5-6H2. The maximum absolute atomic E-state index is 13.0. The molecule has 0 atom stereocenters. The van der Waals surface area contributed by atoms with E-state index in [-0.39, 0.29) is 5.82 Å². The second-order valence-electron chi connectivity index (χ2n) is 3.88. The van der Waals surface area contributed by atoms with Gasteiger partial charge in [-0.3, -0.25) is 5.01 Å². The van der Waals surface area contributed by atoms with Crippen LogP contribution in [0, 0.1) is 5.82 Å². The quantitative estimate of drug-likeness (QED) is 0.800. The molecule has 0 radical (unpaired) electrons. The minimum Gasteiger partial charge on any atom is -0.422 e. The smallest absolute Gasteiger partial charge is 0.313 e. The molecular weight excluding hydrogens is 209 g/mol. The first kappa shape index (κ1) is 9.59. The molecule has 3 rings (SSSR count). The molecule has 2 heterocycles. The summed E-state index contributed by atoms with van der Waals surface area (Å²) in [6, 6.07) is 4.87. The van der Waals surface area contributed by atoms with Crippen molar-refractivity contribution in [3.05, 3.63) is 24.0 Å². The zero-order chi connectivity index (χ0) is 11.0. The van der Waals surface area contributed by atoms with Crippen LogP contribution in [-0.4, -0.2) is 18.1 Å². The van der Waals surface area contributed by atoms with Gasteiger partial charge in [0.25, 0.3) is 0 Å². The van der Waals surface area contributed by atoms with Crippen molar-refractivity contribution in [1.82, 2.24) is 10.4 Å². The van der Waals surface area contributed by atoms with Crippen molar-refractivity contribution in [3.63, 3.8) is 0 Å². The van der Waals surface area contributed by atoms with E-state index < -0.39 is 0 Å². The molecule has 1 aliphatic heterocycles. The molecule has 1 saturated heterocycles. The van der Waals surface area contributed by atoms with Gasteiger partial charge >= 0.3 is 6.01 Å². The molecule has 0 saturated carbocycles. The van der Waals surface area contributed by atoms with Gasteiger partial charge in [-0.15, -0.1) is 0 Å². The number of oxazole rings is 1. The van der Waals surface area contributed by atoms with Crippen LogP contribution in [-0.2, 0) is 0 Å². The molecule has 0 amide bonds. The van der Waals surface area contributed by atoms with E-state index in [0.29, 0.717) is 17.1 Å². The second-order valence-corrected chi connectivity index (χ2v) is 3.88. The van der Waals surface area contributed by atoms with Crippen LogP contribution in [0.4, 0.5) is 10.4 Å². The van der Waals surface area contributed by atoms with Crippen molar-refractivity contribution in [1.29, 1.82) is 0 Å². The summed E-state index contributed by atoms with van der Waals surface area (Å²) >= 11 is 0. The number of halogens is 1. The molecule has 1 aromatic heterocycles. The van der Waals surface area contributed by atoms with Gasteiger partial charge in [0.2, 0.25) is 0 Å². The molecule has 0 bridgehead atoms. The maximum Gasteiger partial charge on any atom is 0.313 e. The number of hydrazine groups is 1. The zero-order valence-corrected chi connectivity index (χ0v) is 8.74. The summed E-state index contributed by atoms with van der Waals surface area (Å²) in [6.45, 7) is 1.79. The number of nitrogens with one attached hydrogen (secondary N) is 1. The Hall–Kier alpha value is -1.62. The molecule has 16 heavy (non-hydrogen) atoms. The Kier molecular flexibility index (Phi) is 2.25. The van der Waals surface area contributed by atoms with Crippen LogP contribution in [0.25, 0.3) is 11.1 Å². The summed E-state index contributed by atoms with van der Waals surface area (Å²) < 4.78 is 18.5. The topological polar surface area (TPSA) is 41.3 Å². The van der Waals surface area contributed by atoms with Gasteiger partial charge in [-0.05, 0) is 25.0 Å². The fourth-order valence-corrected chi connectivity index (χ4v) is 1.86. The minimum absolute atomic E-state index is 0.293. The third kappa shape index (κ3) is 1.63. The Morgan fingerprint density at radius 2 is 2.31 bits per heavy atom. The number of aromatic nitrogens is 1.